The van der Waals surface area contributed by atoms with Crippen molar-refractivity contribution in [2.45, 2.75) is 6.92 Å². The van der Waals surface area contributed by atoms with Crippen molar-refractivity contribution in [3.8, 4) is 17.0 Å². The highest BCUT2D eigenvalue weighted by Gasteiger charge is 2.09. The van der Waals surface area contributed by atoms with Crippen molar-refractivity contribution >= 4 is 40.3 Å². The molecule has 0 aliphatic heterocycles. The molecule has 4 rings (SSSR count). The maximum Gasteiger partial charge on any atom is 0.343 e. The van der Waals surface area contributed by atoms with Crippen molar-refractivity contribution in [2.24, 2.45) is 5.10 Å². The van der Waals surface area contributed by atoms with Gasteiger partial charge in [-0.25, -0.2) is 9.78 Å². The second kappa shape index (κ2) is 9.55. The molecule has 0 unspecified atom stereocenters. The lowest BCUT2D eigenvalue weighted by atomic mass is 10.1. The number of halogens is 1. The van der Waals surface area contributed by atoms with E-state index < -0.39 is 5.97 Å². The van der Waals surface area contributed by atoms with Gasteiger partial charge in [-0.05, 0) is 42.8 Å². The lowest BCUT2D eigenvalue weighted by molar-refractivity contribution is 0.0735. The third-order valence-electron chi connectivity index (χ3n) is 4.35. The van der Waals surface area contributed by atoms with E-state index in [1.54, 1.807) is 48.7 Å². The summed E-state index contributed by atoms with van der Waals surface area (Å²) < 4.78 is 5.43. The number of aryl methyl sites for hydroxylation is 1. The second-order valence-corrected chi connectivity index (χ2v) is 8.04. The first-order valence-corrected chi connectivity index (χ1v) is 10.7. The molecular formula is C24H18ClN3O2S. The van der Waals surface area contributed by atoms with Gasteiger partial charge in [-0.3, -0.25) is 5.43 Å². The van der Waals surface area contributed by atoms with Crippen molar-refractivity contribution in [1.29, 1.82) is 0 Å². The predicted molar refractivity (Wildman–Crippen MR) is 126 cm³/mol. The van der Waals surface area contributed by atoms with Crippen molar-refractivity contribution in [1.82, 2.24) is 4.98 Å². The fourth-order valence-electron chi connectivity index (χ4n) is 2.78. The van der Waals surface area contributed by atoms with Crippen LogP contribution in [-0.4, -0.2) is 17.2 Å². The van der Waals surface area contributed by atoms with Gasteiger partial charge in [0.05, 0.1) is 17.5 Å². The first-order valence-electron chi connectivity index (χ1n) is 9.46. The molecule has 0 saturated carbocycles. The van der Waals surface area contributed by atoms with Crippen LogP contribution in [0.2, 0.25) is 5.02 Å². The summed E-state index contributed by atoms with van der Waals surface area (Å²) in [6.45, 7) is 2.06. The van der Waals surface area contributed by atoms with Gasteiger partial charge in [0.2, 0.25) is 5.13 Å². The highest BCUT2D eigenvalue weighted by atomic mass is 35.5. The molecule has 0 amide bonds. The van der Waals surface area contributed by atoms with Crippen LogP contribution in [0, 0.1) is 6.92 Å². The number of thiazole rings is 1. The maximum absolute atomic E-state index is 12.3. The first kappa shape index (κ1) is 20.8. The van der Waals surface area contributed by atoms with Crippen LogP contribution in [0.4, 0.5) is 5.13 Å². The Morgan fingerprint density at radius 2 is 1.90 bits per heavy atom. The third kappa shape index (κ3) is 5.57. The molecule has 3 aromatic carbocycles. The van der Waals surface area contributed by atoms with Crippen molar-refractivity contribution in [2.75, 3.05) is 5.43 Å². The Morgan fingerprint density at radius 3 is 2.71 bits per heavy atom. The number of carbonyl (C=O) groups excluding carboxylic acids is 1. The summed E-state index contributed by atoms with van der Waals surface area (Å²) in [5.74, 6) is -0.0500. The van der Waals surface area contributed by atoms with E-state index in [0.29, 0.717) is 21.5 Å². The summed E-state index contributed by atoms with van der Waals surface area (Å²) in [4.78, 5) is 16.8. The molecule has 31 heavy (non-hydrogen) atoms. The SMILES string of the molecule is Cc1ccc(-c2csc(N/N=C\c3cccc(OC(=O)c4cccc(Cl)c4)c3)n2)cc1. The number of aromatic nitrogens is 1. The molecule has 4 aromatic rings. The van der Waals surface area contributed by atoms with E-state index in [1.807, 2.05) is 23.6 Å². The van der Waals surface area contributed by atoms with Crippen LogP contribution in [0.1, 0.15) is 21.5 Å². The topological polar surface area (TPSA) is 63.6 Å². The number of carbonyl (C=O) groups is 1. The molecule has 0 radical (unpaired) electrons. The fraction of sp³-hybridized carbons (Fsp3) is 0.0417. The van der Waals surface area contributed by atoms with Crippen LogP contribution in [-0.2, 0) is 0 Å². The Hall–Kier alpha value is -3.48. The summed E-state index contributed by atoms with van der Waals surface area (Å²) in [6, 6.07) is 21.9. The molecular weight excluding hydrogens is 430 g/mol. The van der Waals surface area contributed by atoms with Crippen LogP contribution in [0.3, 0.4) is 0 Å². The summed E-state index contributed by atoms with van der Waals surface area (Å²) in [5, 5.41) is 7.39. The summed E-state index contributed by atoms with van der Waals surface area (Å²) >= 11 is 7.41. The number of hydrogen-bond donors (Lipinski definition) is 1. The normalized spacial score (nSPS) is 10.9. The maximum atomic E-state index is 12.3. The monoisotopic (exact) mass is 447 g/mol. The molecule has 0 fully saturated rings. The van der Waals surface area contributed by atoms with Gasteiger partial charge in [-0.15, -0.1) is 11.3 Å². The Bertz CT molecular complexity index is 1240. The minimum Gasteiger partial charge on any atom is -0.423 e. The van der Waals surface area contributed by atoms with E-state index in [-0.39, 0.29) is 0 Å². The average molecular weight is 448 g/mol. The van der Waals surface area contributed by atoms with E-state index in [1.165, 1.54) is 16.9 Å². The quantitative estimate of drug-likeness (QED) is 0.160. The number of nitrogens with zero attached hydrogens (tertiary/aromatic N) is 2. The molecule has 1 aromatic heterocycles. The van der Waals surface area contributed by atoms with Gasteiger partial charge >= 0.3 is 5.97 Å². The standard InChI is InChI=1S/C24H18ClN3O2S/c1-16-8-10-18(11-9-16)22-15-31-24(27-22)28-26-14-17-4-2-7-21(12-17)30-23(29)19-5-3-6-20(25)13-19/h2-15H,1H3,(H,27,28)/b26-14-. The fourth-order valence-corrected chi connectivity index (χ4v) is 3.64. The predicted octanol–water partition coefficient (Wildman–Crippen LogP) is 6.44. The number of nitrogens with one attached hydrogen (secondary N) is 1. The molecule has 0 aliphatic carbocycles. The number of anilines is 1. The lowest BCUT2D eigenvalue weighted by Gasteiger charge is -2.05. The summed E-state index contributed by atoms with van der Waals surface area (Å²) in [7, 11) is 0. The van der Waals surface area contributed by atoms with E-state index in [2.05, 4.69) is 34.6 Å². The summed E-state index contributed by atoms with van der Waals surface area (Å²) in [6.07, 6.45) is 1.64. The zero-order chi connectivity index (χ0) is 21.6. The molecule has 1 N–H and O–H groups in total. The van der Waals surface area contributed by atoms with Crippen LogP contribution < -0.4 is 10.2 Å². The van der Waals surface area contributed by atoms with Gasteiger partial charge in [-0.1, -0.05) is 59.6 Å². The van der Waals surface area contributed by atoms with Gasteiger partial charge in [-0.2, -0.15) is 5.10 Å². The Morgan fingerprint density at radius 1 is 1.10 bits per heavy atom. The molecule has 0 saturated heterocycles. The van der Waals surface area contributed by atoms with Crippen molar-refractivity contribution in [3.63, 3.8) is 0 Å². The van der Waals surface area contributed by atoms with E-state index >= 15 is 0 Å². The number of ether oxygens (including phenoxy) is 1. The Labute approximate surface area is 189 Å². The van der Waals surface area contributed by atoms with Gasteiger partial charge < -0.3 is 4.74 Å². The Balaban J connectivity index is 1.39. The molecule has 5 nitrogen and oxygen atoms in total. The molecule has 7 heteroatoms. The van der Waals surface area contributed by atoms with Crippen LogP contribution in [0.15, 0.2) is 83.3 Å². The van der Waals surface area contributed by atoms with Crippen molar-refractivity contribution < 1.29 is 9.53 Å². The smallest absolute Gasteiger partial charge is 0.343 e. The van der Waals surface area contributed by atoms with E-state index in [4.69, 9.17) is 16.3 Å². The zero-order valence-corrected chi connectivity index (χ0v) is 18.2. The molecule has 1 heterocycles. The van der Waals surface area contributed by atoms with Gasteiger partial charge in [0, 0.05) is 16.0 Å². The first-order chi connectivity index (χ1) is 15.1. The van der Waals surface area contributed by atoms with Gasteiger partial charge in [0.25, 0.3) is 0 Å². The minimum absolute atomic E-state index is 0.390. The number of esters is 1. The summed E-state index contributed by atoms with van der Waals surface area (Å²) in [5.41, 5.74) is 7.28. The van der Waals surface area contributed by atoms with Gasteiger partial charge in [0.15, 0.2) is 0 Å². The molecule has 0 aliphatic rings. The van der Waals surface area contributed by atoms with Crippen LogP contribution >= 0.6 is 22.9 Å². The van der Waals surface area contributed by atoms with E-state index in [9.17, 15) is 4.79 Å². The highest BCUT2D eigenvalue weighted by molar-refractivity contribution is 7.14. The van der Waals surface area contributed by atoms with Crippen LogP contribution in [0.25, 0.3) is 11.3 Å². The third-order valence-corrected chi connectivity index (χ3v) is 5.34. The number of hydrazone groups is 1. The molecule has 0 atom stereocenters. The second-order valence-electron chi connectivity index (χ2n) is 6.75. The average Bonchev–Trinajstić information content (AvgIpc) is 3.23. The van der Waals surface area contributed by atoms with E-state index in [0.717, 1.165) is 16.8 Å². The zero-order valence-electron chi connectivity index (χ0n) is 16.6. The number of hydrogen-bond acceptors (Lipinski definition) is 6. The minimum atomic E-state index is -0.471. The number of benzene rings is 3. The largest absolute Gasteiger partial charge is 0.423 e. The van der Waals surface area contributed by atoms with Gasteiger partial charge in [0.1, 0.15) is 5.75 Å². The lowest BCUT2D eigenvalue weighted by Crippen LogP contribution is -2.08. The molecule has 0 spiro atoms. The van der Waals surface area contributed by atoms with Crippen molar-refractivity contribution in [3.05, 3.63) is 99.9 Å². The molecule has 0 bridgehead atoms. The van der Waals surface area contributed by atoms with Crippen LogP contribution in [0.5, 0.6) is 5.75 Å². The highest BCUT2D eigenvalue weighted by Crippen LogP contribution is 2.25. The molecule has 154 valence electrons. The number of rotatable bonds is 6. The Kier molecular flexibility index (Phi) is 6.40.